The highest BCUT2D eigenvalue weighted by Crippen LogP contribution is 2.39. The summed E-state index contributed by atoms with van der Waals surface area (Å²) in [5.74, 6) is 0. The molecule has 0 bridgehead atoms. The van der Waals surface area contributed by atoms with E-state index in [1.807, 2.05) is 26.0 Å². The fourth-order valence-electron chi connectivity index (χ4n) is 2.07. The molecular formula is C13H16O2. The number of aldehydes is 1. The van der Waals surface area contributed by atoms with Gasteiger partial charge in [0.15, 0.2) is 0 Å². The summed E-state index contributed by atoms with van der Waals surface area (Å²) < 4.78 is 5.73. The van der Waals surface area contributed by atoms with Crippen molar-refractivity contribution >= 4 is 6.29 Å². The third-order valence-electron chi connectivity index (χ3n) is 2.97. The third-order valence-corrected chi connectivity index (χ3v) is 2.97. The van der Waals surface area contributed by atoms with Crippen molar-refractivity contribution in [2.75, 3.05) is 6.61 Å². The maximum Gasteiger partial charge on any atom is 0.128 e. The van der Waals surface area contributed by atoms with Gasteiger partial charge in [0.05, 0.1) is 18.1 Å². The fraction of sp³-hybridized carbons (Fsp3) is 0.462. The lowest BCUT2D eigenvalue weighted by molar-refractivity contribution is -0.124. The molecule has 1 aromatic rings. The maximum atomic E-state index is 11.1. The first-order valence-corrected chi connectivity index (χ1v) is 5.31. The zero-order valence-corrected chi connectivity index (χ0v) is 9.19. The second-order valence-corrected chi connectivity index (χ2v) is 4.64. The molecule has 80 valence electrons. The number of carbonyl (C=O) groups is 1. The first kappa shape index (κ1) is 10.4. The highest BCUT2D eigenvalue weighted by molar-refractivity contribution is 5.60. The Morgan fingerprint density at radius 1 is 1.40 bits per heavy atom. The highest BCUT2D eigenvalue weighted by Gasteiger charge is 2.34. The summed E-state index contributed by atoms with van der Waals surface area (Å²) in [6, 6.07) is 8.21. The van der Waals surface area contributed by atoms with Crippen LogP contribution in [0.15, 0.2) is 24.3 Å². The minimum atomic E-state index is -0.448. The Morgan fingerprint density at radius 2 is 2.13 bits per heavy atom. The summed E-state index contributed by atoms with van der Waals surface area (Å²) in [7, 11) is 0. The van der Waals surface area contributed by atoms with E-state index in [0.717, 1.165) is 12.7 Å². The average molecular weight is 204 g/mol. The summed E-state index contributed by atoms with van der Waals surface area (Å²) in [6.45, 7) is 4.55. The molecule has 1 aliphatic heterocycles. The van der Waals surface area contributed by atoms with E-state index < -0.39 is 5.41 Å². The minimum Gasteiger partial charge on any atom is -0.372 e. The van der Waals surface area contributed by atoms with Crippen molar-refractivity contribution in [1.82, 2.24) is 0 Å². The van der Waals surface area contributed by atoms with E-state index in [-0.39, 0.29) is 6.10 Å². The van der Waals surface area contributed by atoms with Crippen molar-refractivity contribution in [2.24, 2.45) is 5.41 Å². The van der Waals surface area contributed by atoms with Crippen LogP contribution >= 0.6 is 0 Å². The van der Waals surface area contributed by atoms with Gasteiger partial charge in [-0.3, -0.25) is 0 Å². The monoisotopic (exact) mass is 204 g/mol. The van der Waals surface area contributed by atoms with E-state index in [2.05, 4.69) is 12.1 Å². The van der Waals surface area contributed by atoms with E-state index in [9.17, 15) is 4.79 Å². The minimum absolute atomic E-state index is 0.0973. The van der Waals surface area contributed by atoms with Crippen LogP contribution < -0.4 is 0 Å². The molecule has 0 radical (unpaired) electrons. The van der Waals surface area contributed by atoms with Crippen LogP contribution in [0.5, 0.6) is 0 Å². The van der Waals surface area contributed by atoms with Crippen LogP contribution in [0.1, 0.15) is 31.1 Å². The molecule has 2 heteroatoms. The molecule has 2 nitrogen and oxygen atoms in total. The molecular weight excluding hydrogens is 188 g/mol. The van der Waals surface area contributed by atoms with E-state index in [4.69, 9.17) is 4.74 Å². The number of benzene rings is 1. The molecule has 0 N–H and O–H groups in total. The van der Waals surface area contributed by atoms with Gasteiger partial charge in [-0.05, 0) is 17.5 Å². The summed E-state index contributed by atoms with van der Waals surface area (Å²) in [4.78, 5) is 11.1. The molecule has 1 aliphatic rings. The summed E-state index contributed by atoms with van der Waals surface area (Å²) in [6.07, 6.45) is 1.83. The molecule has 1 unspecified atom stereocenters. The topological polar surface area (TPSA) is 26.3 Å². The van der Waals surface area contributed by atoms with Crippen LogP contribution in [0.2, 0.25) is 0 Å². The zero-order valence-electron chi connectivity index (χ0n) is 9.19. The number of ether oxygens (including phenoxy) is 1. The van der Waals surface area contributed by atoms with Crippen molar-refractivity contribution in [3.8, 4) is 0 Å². The lowest BCUT2D eigenvalue weighted by Crippen LogP contribution is -2.30. The van der Waals surface area contributed by atoms with Crippen LogP contribution in [-0.2, 0) is 16.0 Å². The number of fused-ring (bicyclic) bond motifs is 1. The molecule has 0 saturated heterocycles. The van der Waals surface area contributed by atoms with Crippen molar-refractivity contribution in [2.45, 2.75) is 26.4 Å². The van der Waals surface area contributed by atoms with Gasteiger partial charge in [-0.1, -0.05) is 38.1 Å². The van der Waals surface area contributed by atoms with E-state index >= 15 is 0 Å². The molecule has 1 heterocycles. The Kier molecular flexibility index (Phi) is 2.61. The van der Waals surface area contributed by atoms with Crippen molar-refractivity contribution < 1.29 is 9.53 Å². The molecule has 0 amide bonds. The maximum absolute atomic E-state index is 11.1. The summed E-state index contributed by atoms with van der Waals surface area (Å²) in [5.41, 5.74) is 2.03. The largest absolute Gasteiger partial charge is 0.372 e. The average Bonchev–Trinajstić information content (AvgIpc) is 2.28. The van der Waals surface area contributed by atoms with Crippen molar-refractivity contribution in [1.29, 1.82) is 0 Å². The predicted molar refractivity (Wildman–Crippen MR) is 58.7 cm³/mol. The zero-order chi connectivity index (χ0) is 10.9. The first-order valence-electron chi connectivity index (χ1n) is 5.31. The number of hydrogen-bond acceptors (Lipinski definition) is 2. The molecule has 1 atom stereocenters. The summed E-state index contributed by atoms with van der Waals surface area (Å²) in [5, 5.41) is 0. The number of carbonyl (C=O) groups excluding carboxylic acids is 1. The number of rotatable bonds is 2. The van der Waals surface area contributed by atoms with Gasteiger partial charge in [0.25, 0.3) is 0 Å². The lowest BCUT2D eigenvalue weighted by Gasteiger charge is -2.34. The van der Waals surface area contributed by atoms with E-state index in [1.54, 1.807) is 0 Å². The molecule has 0 aliphatic carbocycles. The third kappa shape index (κ3) is 1.82. The number of hydrogen-bond donors (Lipinski definition) is 0. The quantitative estimate of drug-likeness (QED) is 0.692. The first-order chi connectivity index (χ1) is 7.15. The van der Waals surface area contributed by atoms with Crippen LogP contribution in [-0.4, -0.2) is 12.9 Å². The van der Waals surface area contributed by atoms with Gasteiger partial charge in [0.1, 0.15) is 6.29 Å². The lowest BCUT2D eigenvalue weighted by atomic mass is 9.80. The van der Waals surface area contributed by atoms with Gasteiger partial charge >= 0.3 is 0 Å². The SMILES string of the molecule is CC(C)(C=O)C1OCCc2ccccc21. The summed E-state index contributed by atoms with van der Waals surface area (Å²) >= 11 is 0. The Morgan fingerprint density at radius 3 is 2.87 bits per heavy atom. The molecule has 0 fully saturated rings. The van der Waals surface area contributed by atoms with Gasteiger partial charge in [-0.25, -0.2) is 0 Å². The predicted octanol–water partition coefficient (Wildman–Crippen LogP) is 2.53. The highest BCUT2D eigenvalue weighted by atomic mass is 16.5. The van der Waals surface area contributed by atoms with E-state index in [0.29, 0.717) is 6.61 Å². The van der Waals surface area contributed by atoms with Crippen molar-refractivity contribution in [3.05, 3.63) is 35.4 Å². The molecule has 1 aromatic carbocycles. The van der Waals surface area contributed by atoms with Gasteiger partial charge in [-0.2, -0.15) is 0 Å². The van der Waals surface area contributed by atoms with Crippen LogP contribution in [0.3, 0.4) is 0 Å². The van der Waals surface area contributed by atoms with Crippen LogP contribution in [0.25, 0.3) is 0 Å². The molecule has 15 heavy (non-hydrogen) atoms. The second kappa shape index (κ2) is 3.78. The Bertz CT molecular complexity index is 369. The van der Waals surface area contributed by atoms with Crippen LogP contribution in [0, 0.1) is 5.41 Å². The van der Waals surface area contributed by atoms with Gasteiger partial charge < -0.3 is 9.53 Å². The molecule has 2 rings (SSSR count). The van der Waals surface area contributed by atoms with Crippen LogP contribution in [0.4, 0.5) is 0 Å². The molecule has 0 saturated carbocycles. The standard InChI is InChI=1S/C13H16O2/c1-13(2,9-14)12-11-6-4-3-5-10(11)7-8-15-12/h3-6,9,12H,7-8H2,1-2H3. The smallest absolute Gasteiger partial charge is 0.128 e. The van der Waals surface area contributed by atoms with Gasteiger partial charge in [-0.15, -0.1) is 0 Å². The van der Waals surface area contributed by atoms with Gasteiger partial charge in [0, 0.05) is 0 Å². The molecule has 0 aromatic heterocycles. The molecule has 0 spiro atoms. The Hall–Kier alpha value is -1.15. The Labute approximate surface area is 90.3 Å². The normalized spacial score (nSPS) is 20.8. The second-order valence-electron chi connectivity index (χ2n) is 4.64. The van der Waals surface area contributed by atoms with Gasteiger partial charge in [0.2, 0.25) is 0 Å². The Balaban J connectivity index is 2.42. The van der Waals surface area contributed by atoms with E-state index in [1.165, 1.54) is 11.1 Å². The fourth-order valence-corrected chi connectivity index (χ4v) is 2.07. The van der Waals surface area contributed by atoms with Crippen molar-refractivity contribution in [3.63, 3.8) is 0 Å².